The normalized spacial score (nSPS) is 15.8. The largest absolute Gasteiger partial charge is 0.744 e. The van der Waals surface area contributed by atoms with Crippen LogP contribution >= 0.6 is 0 Å². The number of benzene rings is 4. The van der Waals surface area contributed by atoms with Crippen molar-refractivity contribution in [3.05, 3.63) is 147 Å². The van der Waals surface area contributed by atoms with E-state index in [0.29, 0.717) is 10.4 Å². The lowest BCUT2D eigenvalue weighted by Crippen LogP contribution is -2.58. The van der Waals surface area contributed by atoms with Gasteiger partial charge < -0.3 is 19.1 Å². The number of methoxy groups -OCH3 is 1. The number of anilines is 2. The Morgan fingerprint density at radius 3 is 1.70 bits per heavy atom. The highest BCUT2D eigenvalue weighted by molar-refractivity contribution is 7.85. The van der Waals surface area contributed by atoms with Gasteiger partial charge in [-0.2, -0.15) is 0 Å². The number of rotatable bonds is 6. The van der Waals surface area contributed by atoms with Gasteiger partial charge in [0.05, 0.1) is 18.1 Å². The van der Waals surface area contributed by atoms with Crippen molar-refractivity contribution in [3.63, 3.8) is 0 Å². The van der Waals surface area contributed by atoms with Crippen LogP contribution in [0.4, 0.5) is 11.4 Å². The average molecular weight is 742 g/mol. The highest BCUT2D eigenvalue weighted by Gasteiger charge is 2.38. The molecule has 0 spiro atoms. The van der Waals surface area contributed by atoms with Crippen LogP contribution in [0.5, 0.6) is 0 Å². The van der Waals surface area contributed by atoms with Crippen molar-refractivity contribution < 1.29 is 22.3 Å². The van der Waals surface area contributed by atoms with Gasteiger partial charge in [-0.1, -0.05) is 85.9 Å². The Morgan fingerprint density at radius 1 is 0.698 bits per heavy atom. The molecule has 53 heavy (non-hydrogen) atoms. The zero-order valence-corrected chi connectivity index (χ0v) is 33.7. The molecule has 0 aromatic heterocycles. The predicted molar refractivity (Wildman–Crippen MR) is 222 cm³/mol. The summed E-state index contributed by atoms with van der Waals surface area (Å²) in [5.41, 5.74) is 6.93. The first-order valence-electron chi connectivity index (χ1n) is 17.5. The second-order valence-corrected chi connectivity index (χ2v) is 20.3. The van der Waals surface area contributed by atoms with E-state index in [1.54, 1.807) is 13.2 Å². The monoisotopic (exact) mass is 741 g/mol. The molecular weight excluding hydrogens is 695 g/mol. The van der Waals surface area contributed by atoms with Crippen LogP contribution in [0.2, 0.25) is 13.1 Å². The maximum atomic E-state index is 13.0. The maximum absolute atomic E-state index is 13.0. The molecule has 0 fully saturated rings. The topological polar surface area (TPSA) is 75.9 Å². The fraction of sp³-hybridized carbons (Fsp3) is 0.205. The minimum absolute atomic E-state index is 0.226. The molecule has 6 rings (SSSR count). The molecule has 1 aliphatic carbocycles. The first kappa shape index (κ1) is 37.5. The van der Waals surface area contributed by atoms with E-state index in [4.69, 9.17) is 4.74 Å². The molecular formula is C44H47N3O4SSi. The molecule has 7 nitrogen and oxygen atoms in total. The molecule has 0 radical (unpaired) electrons. The lowest BCUT2D eigenvalue weighted by Gasteiger charge is -2.37. The molecule has 272 valence electrons. The molecule has 1 heterocycles. The molecule has 2 aliphatic rings. The van der Waals surface area contributed by atoms with Gasteiger partial charge in [-0.05, 0) is 79.1 Å². The molecule has 9 heteroatoms. The van der Waals surface area contributed by atoms with Gasteiger partial charge in [0.25, 0.3) is 0 Å². The lowest BCUT2D eigenvalue weighted by atomic mass is 9.93. The lowest BCUT2D eigenvalue weighted by molar-refractivity contribution is -0.462. The van der Waals surface area contributed by atoms with E-state index in [1.807, 2.05) is 114 Å². The van der Waals surface area contributed by atoms with Crippen molar-refractivity contribution in [1.82, 2.24) is 0 Å². The molecule has 0 saturated carbocycles. The third-order valence-corrected chi connectivity index (χ3v) is 14.5. The SMILES string of the molecule is COC1=CC(=[N+](C)C)C=C/C1=C\C=c1ccc(=C/C=c2/ccc(=C3c4ccc(N(C)C)cc4[Si](C)(C)c4cc(N(C)C)ccc43)c(S(=O)(=O)[O-])c2)cc1. The highest BCUT2D eigenvalue weighted by Crippen LogP contribution is 2.31. The molecule has 4 aromatic carbocycles. The summed E-state index contributed by atoms with van der Waals surface area (Å²) in [7, 11) is 6.66. The minimum atomic E-state index is -4.84. The van der Waals surface area contributed by atoms with Crippen molar-refractivity contribution in [2.24, 2.45) is 0 Å². The van der Waals surface area contributed by atoms with Gasteiger partial charge in [-0.15, -0.1) is 0 Å². The molecule has 4 aromatic rings. The second-order valence-electron chi connectivity index (χ2n) is 14.6. The van der Waals surface area contributed by atoms with Gasteiger partial charge in [-0.25, -0.2) is 13.0 Å². The van der Waals surface area contributed by atoms with E-state index in [2.05, 4.69) is 65.4 Å². The van der Waals surface area contributed by atoms with Gasteiger partial charge >= 0.3 is 0 Å². The maximum Gasteiger partial charge on any atom is 0.203 e. The van der Waals surface area contributed by atoms with Crippen LogP contribution in [0.1, 0.15) is 11.1 Å². The Hall–Kier alpha value is -5.22. The number of fused-ring (bicyclic) bond motifs is 2. The van der Waals surface area contributed by atoms with Gasteiger partial charge in [0.2, 0.25) is 5.71 Å². The summed E-state index contributed by atoms with van der Waals surface area (Å²) in [4.78, 5) is 3.94. The van der Waals surface area contributed by atoms with Crippen molar-refractivity contribution in [2.75, 3.05) is 59.2 Å². The van der Waals surface area contributed by atoms with Crippen LogP contribution in [0.25, 0.3) is 23.8 Å². The zero-order valence-electron chi connectivity index (χ0n) is 31.9. The molecule has 0 bridgehead atoms. The number of nitrogens with zero attached hydrogens (tertiary/aromatic N) is 3. The van der Waals surface area contributed by atoms with Crippen molar-refractivity contribution in [3.8, 4) is 0 Å². The van der Waals surface area contributed by atoms with E-state index in [1.165, 1.54) is 16.4 Å². The van der Waals surface area contributed by atoms with E-state index >= 15 is 0 Å². The number of hydrogen-bond donors (Lipinski definition) is 0. The summed E-state index contributed by atoms with van der Waals surface area (Å²) in [5.74, 6) is 0.801. The summed E-state index contributed by atoms with van der Waals surface area (Å²) in [6, 6.07) is 26.0. The first-order valence-corrected chi connectivity index (χ1v) is 21.9. The molecule has 0 N–H and O–H groups in total. The van der Waals surface area contributed by atoms with Crippen molar-refractivity contribution in [1.29, 1.82) is 0 Å². The standard InChI is InChI=1S/C44H47N3O4SSi/c1-45(2)34-20-19-33(40(27-34)51-7)18-16-31-12-10-30(11-13-31)14-15-32-17-23-37(41(26-32)52(48,49)50)44-38-24-21-35(46(3)4)28-42(38)53(8,9)43-29-36(47(5)6)22-25-39(43)44/h10-29H,1-9H3. The molecule has 0 amide bonds. The summed E-state index contributed by atoms with van der Waals surface area (Å²) >= 11 is 0. The van der Waals surface area contributed by atoms with Crippen LogP contribution in [0, 0.1) is 0 Å². The fourth-order valence-corrected chi connectivity index (χ4v) is 10.7. The van der Waals surface area contributed by atoms with Crippen LogP contribution in [0.15, 0.2) is 119 Å². The number of allylic oxidation sites excluding steroid dienone is 4. The molecule has 0 atom stereocenters. The van der Waals surface area contributed by atoms with Crippen LogP contribution in [0.3, 0.4) is 0 Å². The van der Waals surface area contributed by atoms with E-state index in [9.17, 15) is 13.0 Å². The van der Waals surface area contributed by atoms with Crippen LogP contribution in [-0.4, -0.2) is 80.7 Å². The zero-order chi connectivity index (χ0) is 38.2. The summed E-state index contributed by atoms with van der Waals surface area (Å²) in [6.45, 7) is 4.67. The second kappa shape index (κ2) is 14.7. The Labute approximate surface area is 314 Å². The summed E-state index contributed by atoms with van der Waals surface area (Å²) in [5, 5.41) is 5.42. The van der Waals surface area contributed by atoms with Gasteiger partial charge in [0, 0.05) is 56.4 Å². The third-order valence-electron chi connectivity index (χ3n) is 10.1. The van der Waals surface area contributed by atoms with E-state index in [0.717, 1.165) is 55.6 Å². The van der Waals surface area contributed by atoms with Gasteiger partial charge in [0.15, 0.2) is 0 Å². The smallest absolute Gasteiger partial charge is 0.203 e. The summed E-state index contributed by atoms with van der Waals surface area (Å²) < 4.78 is 46.7. The van der Waals surface area contributed by atoms with Gasteiger partial charge in [0.1, 0.15) is 38.0 Å². The fourth-order valence-electron chi connectivity index (χ4n) is 6.94. The Morgan fingerprint density at radius 2 is 1.21 bits per heavy atom. The molecule has 0 unspecified atom stereocenters. The number of hydrogen-bond acceptors (Lipinski definition) is 6. The Balaban J connectivity index is 1.47. The van der Waals surface area contributed by atoms with E-state index < -0.39 is 18.2 Å². The first-order chi connectivity index (χ1) is 25.1. The average Bonchev–Trinajstić information content (AvgIpc) is 3.13. The molecule has 0 saturated heterocycles. The van der Waals surface area contributed by atoms with Gasteiger partial charge in [-0.3, -0.25) is 0 Å². The van der Waals surface area contributed by atoms with Crippen molar-refractivity contribution >= 4 is 69.5 Å². The van der Waals surface area contributed by atoms with Crippen LogP contribution in [-0.2, 0) is 14.9 Å². The van der Waals surface area contributed by atoms with E-state index in [-0.39, 0.29) is 4.90 Å². The third kappa shape index (κ3) is 7.64. The van der Waals surface area contributed by atoms with Crippen molar-refractivity contribution in [2.45, 2.75) is 18.0 Å². The Bertz CT molecular complexity index is 2540. The van der Waals surface area contributed by atoms with Crippen LogP contribution < -0.4 is 41.0 Å². The predicted octanol–water partition coefficient (Wildman–Crippen LogP) is 2.89. The molecule has 1 aliphatic heterocycles. The number of ether oxygens (including phenoxy) is 1. The Kier molecular flexibility index (Phi) is 10.4. The summed E-state index contributed by atoms with van der Waals surface area (Å²) in [6.07, 6.45) is 13.9. The highest BCUT2D eigenvalue weighted by atomic mass is 32.2. The quantitative estimate of drug-likeness (QED) is 0.172. The minimum Gasteiger partial charge on any atom is -0.744 e.